The smallest absolute Gasteiger partial charge is 0.221 e. The van der Waals surface area contributed by atoms with E-state index in [1.165, 1.54) is 5.56 Å². The predicted octanol–water partition coefficient (Wildman–Crippen LogP) is 3.98. The highest BCUT2D eigenvalue weighted by atomic mass is 32.1. The standard InChI is InChI=1S/C19H18N2OS/c22-18(7-6-15-10-13-23-14-15)21-19(16-4-2-1-3-5-16)17-8-11-20-12-9-17/h1-5,8-14,19H,6-7H2,(H,21,22). The number of thiophene rings is 1. The van der Waals surface area contributed by atoms with E-state index >= 15 is 0 Å². The fourth-order valence-corrected chi connectivity index (χ4v) is 3.19. The molecule has 0 spiro atoms. The molecule has 3 rings (SSSR count). The highest BCUT2D eigenvalue weighted by molar-refractivity contribution is 7.07. The maximum atomic E-state index is 12.4. The largest absolute Gasteiger partial charge is 0.345 e. The highest BCUT2D eigenvalue weighted by Crippen LogP contribution is 2.21. The number of aromatic nitrogens is 1. The topological polar surface area (TPSA) is 42.0 Å². The van der Waals surface area contributed by atoms with Gasteiger partial charge in [-0.15, -0.1) is 0 Å². The van der Waals surface area contributed by atoms with Gasteiger partial charge in [-0.3, -0.25) is 9.78 Å². The van der Waals surface area contributed by atoms with Crippen molar-refractivity contribution in [3.05, 3.63) is 88.4 Å². The Bertz CT molecular complexity index is 687. The van der Waals surface area contributed by atoms with Crippen molar-refractivity contribution in [3.8, 4) is 0 Å². The number of pyridine rings is 1. The Morgan fingerprint density at radius 3 is 2.48 bits per heavy atom. The van der Waals surface area contributed by atoms with Crippen LogP contribution in [-0.4, -0.2) is 10.9 Å². The summed E-state index contributed by atoms with van der Waals surface area (Å²) in [6.45, 7) is 0. The van der Waals surface area contributed by atoms with E-state index in [1.807, 2.05) is 47.8 Å². The first-order valence-corrected chi connectivity index (χ1v) is 8.52. The molecular weight excluding hydrogens is 304 g/mol. The van der Waals surface area contributed by atoms with Gasteiger partial charge in [0.1, 0.15) is 0 Å². The second kappa shape index (κ2) is 7.70. The van der Waals surface area contributed by atoms with Crippen LogP contribution >= 0.6 is 11.3 Å². The van der Waals surface area contributed by atoms with Crippen LogP contribution in [0.4, 0.5) is 0 Å². The molecule has 1 amide bonds. The van der Waals surface area contributed by atoms with Crippen molar-refractivity contribution in [2.75, 3.05) is 0 Å². The molecule has 116 valence electrons. The molecule has 2 heterocycles. The monoisotopic (exact) mass is 322 g/mol. The zero-order valence-corrected chi connectivity index (χ0v) is 13.5. The fraction of sp³-hybridized carbons (Fsp3) is 0.158. The van der Waals surface area contributed by atoms with Crippen LogP contribution < -0.4 is 5.32 Å². The van der Waals surface area contributed by atoms with Gasteiger partial charge in [0.15, 0.2) is 0 Å². The van der Waals surface area contributed by atoms with Gasteiger partial charge in [-0.25, -0.2) is 0 Å². The first-order chi connectivity index (χ1) is 11.3. The van der Waals surface area contributed by atoms with Crippen molar-refractivity contribution in [3.63, 3.8) is 0 Å². The van der Waals surface area contributed by atoms with E-state index in [9.17, 15) is 4.79 Å². The van der Waals surface area contributed by atoms with E-state index in [0.717, 1.165) is 17.5 Å². The lowest BCUT2D eigenvalue weighted by molar-refractivity contribution is -0.121. The molecule has 0 saturated carbocycles. The minimum atomic E-state index is -0.144. The maximum Gasteiger partial charge on any atom is 0.221 e. The molecule has 0 aliphatic carbocycles. The normalized spacial score (nSPS) is 11.8. The quantitative estimate of drug-likeness (QED) is 0.746. The molecule has 0 aliphatic heterocycles. The summed E-state index contributed by atoms with van der Waals surface area (Å²) < 4.78 is 0. The van der Waals surface area contributed by atoms with Crippen LogP contribution in [0.2, 0.25) is 0 Å². The van der Waals surface area contributed by atoms with Crippen molar-refractivity contribution < 1.29 is 4.79 Å². The lowest BCUT2D eigenvalue weighted by atomic mass is 9.99. The number of nitrogens with one attached hydrogen (secondary N) is 1. The highest BCUT2D eigenvalue weighted by Gasteiger charge is 2.16. The molecule has 1 N–H and O–H groups in total. The van der Waals surface area contributed by atoms with Crippen molar-refractivity contribution in [1.29, 1.82) is 0 Å². The molecule has 1 atom stereocenters. The summed E-state index contributed by atoms with van der Waals surface area (Å²) in [5.74, 6) is 0.0573. The lowest BCUT2D eigenvalue weighted by Crippen LogP contribution is -2.29. The summed E-state index contributed by atoms with van der Waals surface area (Å²) in [5, 5.41) is 7.28. The van der Waals surface area contributed by atoms with E-state index in [0.29, 0.717) is 6.42 Å². The molecule has 0 radical (unpaired) electrons. The molecule has 1 unspecified atom stereocenters. The molecule has 3 nitrogen and oxygen atoms in total. The second-order valence-corrected chi connectivity index (χ2v) is 6.10. The van der Waals surface area contributed by atoms with Gasteiger partial charge in [0, 0.05) is 18.8 Å². The summed E-state index contributed by atoms with van der Waals surface area (Å²) >= 11 is 1.66. The van der Waals surface area contributed by atoms with Crippen LogP contribution in [0.5, 0.6) is 0 Å². The van der Waals surface area contributed by atoms with Gasteiger partial charge >= 0.3 is 0 Å². The molecule has 0 saturated heterocycles. The molecule has 0 aliphatic rings. The first kappa shape index (κ1) is 15.4. The molecule has 2 aromatic heterocycles. The van der Waals surface area contributed by atoms with E-state index in [4.69, 9.17) is 0 Å². The SMILES string of the molecule is O=C(CCc1ccsc1)NC(c1ccccc1)c1ccncc1. The summed E-state index contributed by atoms with van der Waals surface area (Å²) in [7, 11) is 0. The Balaban J connectivity index is 1.72. The Kier molecular flexibility index (Phi) is 5.17. The van der Waals surface area contributed by atoms with Gasteiger partial charge < -0.3 is 5.32 Å². The third-order valence-corrected chi connectivity index (χ3v) is 4.43. The van der Waals surface area contributed by atoms with Crippen molar-refractivity contribution in [2.45, 2.75) is 18.9 Å². The molecule has 4 heteroatoms. The van der Waals surface area contributed by atoms with E-state index < -0.39 is 0 Å². The molecule has 0 bridgehead atoms. The van der Waals surface area contributed by atoms with Gasteiger partial charge in [0.2, 0.25) is 5.91 Å². The minimum absolute atomic E-state index is 0.0573. The van der Waals surface area contributed by atoms with Crippen molar-refractivity contribution in [2.24, 2.45) is 0 Å². The predicted molar refractivity (Wildman–Crippen MR) is 93.3 cm³/mol. The number of carbonyl (C=O) groups excluding carboxylic acids is 1. The van der Waals surface area contributed by atoms with Gasteiger partial charge in [0.05, 0.1) is 6.04 Å². The zero-order valence-electron chi connectivity index (χ0n) is 12.7. The van der Waals surface area contributed by atoms with Crippen LogP contribution in [-0.2, 0) is 11.2 Å². The summed E-state index contributed by atoms with van der Waals surface area (Å²) in [6.07, 6.45) is 4.77. The van der Waals surface area contributed by atoms with Crippen LogP contribution in [0, 0.1) is 0 Å². The third-order valence-electron chi connectivity index (χ3n) is 3.70. The Morgan fingerprint density at radius 2 is 1.78 bits per heavy atom. The summed E-state index contributed by atoms with van der Waals surface area (Å²) in [5.41, 5.74) is 3.32. The molecule has 23 heavy (non-hydrogen) atoms. The first-order valence-electron chi connectivity index (χ1n) is 7.58. The van der Waals surface area contributed by atoms with E-state index in [1.54, 1.807) is 23.7 Å². The number of nitrogens with zero attached hydrogens (tertiary/aromatic N) is 1. The maximum absolute atomic E-state index is 12.4. The Labute approximate surface area is 140 Å². The van der Waals surface area contributed by atoms with Crippen molar-refractivity contribution >= 4 is 17.2 Å². The molecule has 1 aromatic carbocycles. The number of hydrogen-bond acceptors (Lipinski definition) is 3. The second-order valence-electron chi connectivity index (χ2n) is 5.32. The molecular formula is C19H18N2OS. The van der Waals surface area contributed by atoms with E-state index in [-0.39, 0.29) is 11.9 Å². The van der Waals surface area contributed by atoms with Crippen molar-refractivity contribution in [1.82, 2.24) is 10.3 Å². The van der Waals surface area contributed by atoms with E-state index in [2.05, 4.69) is 21.7 Å². The Hall–Kier alpha value is -2.46. The third kappa shape index (κ3) is 4.27. The minimum Gasteiger partial charge on any atom is -0.345 e. The number of aryl methyl sites for hydroxylation is 1. The summed E-state index contributed by atoms with van der Waals surface area (Å²) in [6, 6.07) is 15.8. The number of rotatable bonds is 6. The molecule has 0 fully saturated rings. The number of amides is 1. The van der Waals surface area contributed by atoms with Gasteiger partial charge in [0.25, 0.3) is 0 Å². The van der Waals surface area contributed by atoms with Gasteiger partial charge in [-0.1, -0.05) is 30.3 Å². The Morgan fingerprint density at radius 1 is 1.04 bits per heavy atom. The molecule has 3 aromatic rings. The van der Waals surface area contributed by atoms with Crippen LogP contribution in [0.15, 0.2) is 71.7 Å². The van der Waals surface area contributed by atoms with Gasteiger partial charge in [-0.05, 0) is 52.1 Å². The van der Waals surface area contributed by atoms with Crippen LogP contribution in [0.3, 0.4) is 0 Å². The summed E-state index contributed by atoms with van der Waals surface area (Å²) in [4.78, 5) is 16.4. The number of benzene rings is 1. The van der Waals surface area contributed by atoms with Crippen LogP contribution in [0.25, 0.3) is 0 Å². The number of hydrogen-bond donors (Lipinski definition) is 1. The zero-order chi connectivity index (χ0) is 15.9. The average Bonchev–Trinajstić information content (AvgIpc) is 3.13. The van der Waals surface area contributed by atoms with Gasteiger partial charge in [-0.2, -0.15) is 11.3 Å². The fourth-order valence-electron chi connectivity index (χ4n) is 2.49. The number of carbonyl (C=O) groups is 1. The van der Waals surface area contributed by atoms with Crippen LogP contribution in [0.1, 0.15) is 29.2 Å². The average molecular weight is 322 g/mol. The lowest BCUT2D eigenvalue weighted by Gasteiger charge is -2.19.